The number of nitriles is 1. The fraction of sp³-hybridized carbons (Fsp3) is 0.381. The zero-order valence-electron chi connectivity index (χ0n) is 15.3. The van der Waals surface area contributed by atoms with Crippen LogP contribution in [0.15, 0.2) is 54.6 Å². The molecule has 3 rings (SSSR count). The predicted octanol–water partition coefficient (Wildman–Crippen LogP) is 3.68. The number of ether oxygens (including phenoxy) is 1. The highest BCUT2D eigenvalue weighted by Crippen LogP contribution is 2.47. The zero-order chi connectivity index (χ0) is 18.4. The molecule has 0 saturated heterocycles. The van der Waals surface area contributed by atoms with E-state index in [2.05, 4.69) is 34.5 Å². The Morgan fingerprint density at radius 2 is 2.31 bits per heavy atom. The Kier molecular flexibility index (Phi) is 5.65. The van der Waals surface area contributed by atoms with Crippen LogP contribution in [0.3, 0.4) is 0 Å². The van der Waals surface area contributed by atoms with Crippen LogP contribution in [0.5, 0.6) is 0 Å². The quantitative estimate of drug-likeness (QED) is 0.892. The van der Waals surface area contributed by atoms with Crippen molar-refractivity contribution in [2.45, 2.75) is 38.3 Å². The van der Waals surface area contributed by atoms with Crippen molar-refractivity contribution in [3.63, 3.8) is 0 Å². The predicted molar refractivity (Wildman–Crippen MR) is 99.8 cm³/mol. The minimum atomic E-state index is -0.533. The second-order valence-corrected chi connectivity index (χ2v) is 6.69. The monoisotopic (exact) mass is 348 g/mol. The summed E-state index contributed by atoms with van der Waals surface area (Å²) in [5, 5.41) is 12.6. The van der Waals surface area contributed by atoms with Crippen LogP contribution < -0.4 is 5.32 Å². The molecule has 1 aliphatic carbocycles. The van der Waals surface area contributed by atoms with Crippen molar-refractivity contribution in [1.29, 1.82) is 5.26 Å². The Labute approximate surface area is 154 Å². The molecule has 0 bridgehead atoms. The second-order valence-electron chi connectivity index (χ2n) is 6.69. The number of hydrogen-bond acceptors (Lipinski definition) is 5. The maximum atomic E-state index is 9.23. The largest absolute Gasteiger partial charge is 0.387 e. The molecule has 2 atom stereocenters. The first-order valence-corrected chi connectivity index (χ1v) is 8.94. The van der Waals surface area contributed by atoms with Crippen LogP contribution in [0.1, 0.15) is 43.0 Å². The number of nitrogens with one attached hydrogen (secondary N) is 1. The smallest absolute Gasteiger partial charge is 0.140 e. The molecule has 1 saturated carbocycles. The van der Waals surface area contributed by atoms with E-state index in [0.717, 1.165) is 30.4 Å². The van der Waals surface area contributed by atoms with Crippen LogP contribution in [0.4, 0.5) is 0 Å². The van der Waals surface area contributed by atoms with Gasteiger partial charge in [-0.3, -0.25) is 4.98 Å². The fourth-order valence-electron chi connectivity index (χ4n) is 3.92. The van der Waals surface area contributed by atoms with E-state index in [4.69, 9.17) is 4.74 Å². The molecule has 1 aliphatic rings. The van der Waals surface area contributed by atoms with Crippen LogP contribution in [0, 0.1) is 17.2 Å². The molecule has 0 amide bonds. The van der Waals surface area contributed by atoms with Gasteiger partial charge in [0.05, 0.1) is 0 Å². The summed E-state index contributed by atoms with van der Waals surface area (Å²) in [5.41, 5.74) is 3.21. The molecule has 134 valence electrons. The van der Waals surface area contributed by atoms with Gasteiger partial charge in [0.1, 0.15) is 17.4 Å². The van der Waals surface area contributed by atoms with Gasteiger partial charge in [-0.15, -0.1) is 0 Å². The van der Waals surface area contributed by atoms with Gasteiger partial charge in [0, 0.05) is 32.2 Å². The number of aromatic nitrogens is 2. The molecule has 5 nitrogen and oxygen atoms in total. The molecular formula is C21H24N4O. The average molecular weight is 348 g/mol. The lowest BCUT2D eigenvalue weighted by molar-refractivity contribution is -0.0434. The van der Waals surface area contributed by atoms with Crippen LogP contribution in [-0.4, -0.2) is 17.1 Å². The fourth-order valence-corrected chi connectivity index (χ4v) is 3.92. The first-order valence-electron chi connectivity index (χ1n) is 8.94. The van der Waals surface area contributed by atoms with E-state index in [9.17, 15) is 5.26 Å². The van der Waals surface area contributed by atoms with Gasteiger partial charge in [0.15, 0.2) is 0 Å². The third-order valence-corrected chi connectivity index (χ3v) is 5.18. The van der Waals surface area contributed by atoms with E-state index < -0.39 is 5.60 Å². The standard InChI is InChI=1S/C21H24N4O/c1-16-5-3-7-19(15-24-14-17-6-4-9-23-13-17)21(16,26-2)18-8-10-25-20(11-18)12-22/h4,6,8-11,13,15-16,24H,3,5,7,14H2,1-2H3/b19-15+. The molecule has 2 heterocycles. The molecule has 1 fully saturated rings. The minimum absolute atomic E-state index is 0.307. The number of methoxy groups -OCH3 is 1. The van der Waals surface area contributed by atoms with Gasteiger partial charge in [-0.25, -0.2) is 4.98 Å². The molecule has 5 heteroatoms. The first kappa shape index (κ1) is 18.1. The van der Waals surface area contributed by atoms with Gasteiger partial charge >= 0.3 is 0 Å². The normalized spacial score (nSPS) is 24.2. The summed E-state index contributed by atoms with van der Waals surface area (Å²) < 4.78 is 6.13. The van der Waals surface area contributed by atoms with Gasteiger partial charge in [-0.05, 0) is 66.3 Å². The molecule has 2 unspecified atom stereocenters. The van der Waals surface area contributed by atoms with E-state index in [1.165, 1.54) is 5.57 Å². The molecule has 0 spiro atoms. The summed E-state index contributed by atoms with van der Waals surface area (Å²) in [5.74, 6) is 0.307. The van der Waals surface area contributed by atoms with Crippen molar-refractivity contribution in [3.8, 4) is 6.07 Å². The molecule has 2 aromatic rings. The molecule has 2 aromatic heterocycles. The van der Waals surface area contributed by atoms with Crippen LogP contribution in [-0.2, 0) is 16.9 Å². The number of pyridine rings is 2. The summed E-state index contributed by atoms with van der Waals surface area (Å²) in [4.78, 5) is 8.26. The Hall–Kier alpha value is -2.71. The first-order chi connectivity index (χ1) is 12.7. The van der Waals surface area contributed by atoms with Gasteiger partial charge in [0.2, 0.25) is 0 Å². The van der Waals surface area contributed by atoms with Crippen molar-refractivity contribution < 1.29 is 4.74 Å². The summed E-state index contributed by atoms with van der Waals surface area (Å²) in [6.07, 6.45) is 10.6. The lowest BCUT2D eigenvalue weighted by Gasteiger charge is -2.44. The Morgan fingerprint density at radius 3 is 3.04 bits per heavy atom. The Balaban J connectivity index is 1.93. The van der Waals surface area contributed by atoms with Crippen molar-refractivity contribution >= 4 is 0 Å². The van der Waals surface area contributed by atoms with Gasteiger partial charge < -0.3 is 10.1 Å². The minimum Gasteiger partial charge on any atom is -0.387 e. The lowest BCUT2D eigenvalue weighted by Crippen LogP contribution is -2.41. The Morgan fingerprint density at radius 1 is 1.42 bits per heavy atom. The summed E-state index contributed by atoms with van der Waals surface area (Å²) in [6, 6.07) is 9.93. The highest BCUT2D eigenvalue weighted by atomic mass is 16.5. The lowest BCUT2D eigenvalue weighted by atomic mass is 9.69. The van der Waals surface area contributed by atoms with E-state index in [0.29, 0.717) is 18.2 Å². The highest BCUT2D eigenvalue weighted by Gasteiger charge is 2.44. The van der Waals surface area contributed by atoms with Crippen LogP contribution in [0.2, 0.25) is 0 Å². The SMILES string of the molecule is COC1(c2ccnc(C#N)c2)/C(=C/NCc2cccnc2)CCCC1C. The van der Waals surface area contributed by atoms with E-state index in [-0.39, 0.29) is 0 Å². The van der Waals surface area contributed by atoms with Crippen molar-refractivity contribution in [2.75, 3.05) is 7.11 Å². The second kappa shape index (κ2) is 8.11. The summed E-state index contributed by atoms with van der Waals surface area (Å²) in [7, 11) is 1.75. The van der Waals surface area contributed by atoms with Gasteiger partial charge in [0.25, 0.3) is 0 Å². The van der Waals surface area contributed by atoms with E-state index >= 15 is 0 Å². The van der Waals surface area contributed by atoms with Crippen molar-refractivity contribution in [2.24, 2.45) is 5.92 Å². The maximum absolute atomic E-state index is 9.23. The van der Waals surface area contributed by atoms with Crippen LogP contribution in [0.25, 0.3) is 0 Å². The molecule has 0 radical (unpaired) electrons. The summed E-state index contributed by atoms with van der Waals surface area (Å²) in [6.45, 7) is 2.93. The topological polar surface area (TPSA) is 70.8 Å². The van der Waals surface area contributed by atoms with E-state index in [1.807, 2.05) is 30.5 Å². The van der Waals surface area contributed by atoms with Crippen molar-refractivity contribution in [3.05, 3.63) is 71.4 Å². The molecular weight excluding hydrogens is 324 g/mol. The third kappa shape index (κ3) is 3.47. The number of hydrogen-bond donors (Lipinski definition) is 1. The van der Waals surface area contributed by atoms with Gasteiger partial charge in [-0.2, -0.15) is 5.26 Å². The Bertz CT molecular complexity index is 812. The van der Waals surface area contributed by atoms with Gasteiger partial charge in [-0.1, -0.05) is 13.0 Å². The average Bonchev–Trinajstić information content (AvgIpc) is 2.69. The van der Waals surface area contributed by atoms with Crippen LogP contribution >= 0.6 is 0 Å². The summed E-state index contributed by atoms with van der Waals surface area (Å²) >= 11 is 0. The third-order valence-electron chi connectivity index (χ3n) is 5.18. The molecule has 0 aliphatic heterocycles. The van der Waals surface area contributed by atoms with Crippen molar-refractivity contribution in [1.82, 2.24) is 15.3 Å². The van der Waals surface area contributed by atoms with E-state index in [1.54, 1.807) is 19.5 Å². The maximum Gasteiger partial charge on any atom is 0.140 e. The zero-order valence-corrected chi connectivity index (χ0v) is 15.3. The highest BCUT2D eigenvalue weighted by molar-refractivity contribution is 5.38. The molecule has 26 heavy (non-hydrogen) atoms. The number of rotatable bonds is 5. The number of nitrogens with zero attached hydrogens (tertiary/aromatic N) is 3. The molecule has 1 N–H and O–H groups in total. The molecule has 0 aromatic carbocycles.